The summed E-state index contributed by atoms with van der Waals surface area (Å²) in [6, 6.07) is 51.8. The second-order valence-electron chi connectivity index (χ2n) is 16.1. The molecule has 2 amide bonds. The van der Waals surface area contributed by atoms with E-state index in [0.717, 1.165) is 16.7 Å². The van der Waals surface area contributed by atoms with E-state index in [0.29, 0.717) is 16.7 Å². The minimum absolute atomic E-state index is 0.0238. The smallest absolute Gasteiger partial charge is 0.411 e. The van der Waals surface area contributed by atoms with Gasteiger partial charge in [-0.25, -0.2) is 19.2 Å². The Morgan fingerprint density at radius 1 is 0.567 bits per heavy atom. The lowest BCUT2D eigenvalue weighted by molar-refractivity contribution is -0.180. The first-order valence-corrected chi connectivity index (χ1v) is 23.8. The fourth-order valence-corrected chi connectivity index (χ4v) is 9.12. The maximum atomic E-state index is 14.8. The zero-order valence-corrected chi connectivity index (χ0v) is 38.4. The quantitative estimate of drug-likeness (QED) is 0.0589. The molecule has 342 valence electrons. The number of carbonyl (C=O) groups is 4. The predicted octanol–water partition coefficient (Wildman–Crippen LogP) is 11.3. The Bertz CT molecular complexity index is 2580. The summed E-state index contributed by atoms with van der Waals surface area (Å²) in [5.74, 6) is -1.34. The van der Waals surface area contributed by atoms with Gasteiger partial charge in [0.1, 0.15) is 37.4 Å². The van der Waals surface area contributed by atoms with E-state index in [9.17, 15) is 19.2 Å². The van der Waals surface area contributed by atoms with E-state index in [-0.39, 0.29) is 36.9 Å². The fourth-order valence-electron chi connectivity index (χ4n) is 8.78. The molecule has 0 unspecified atom stereocenters. The van der Waals surface area contributed by atoms with E-state index in [4.69, 9.17) is 35.9 Å². The van der Waals surface area contributed by atoms with E-state index < -0.39 is 66.6 Å². The van der Waals surface area contributed by atoms with Crippen LogP contribution in [0.5, 0.6) is 0 Å². The second-order valence-corrected chi connectivity index (χ2v) is 17.6. The molecular formula is C54H50N2O9S2. The zero-order chi connectivity index (χ0) is 46.5. The van der Waals surface area contributed by atoms with Crippen LogP contribution in [-0.2, 0) is 46.5 Å². The van der Waals surface area contributed by atoms with Crippen LogP contribution in [0.3, 0.4) is 0 Å². The monoisotopic (exact) mass is 934 g/mol. The number of ether oxygens (including phenoxy) is 5. The average molecular weight is 935 g/mol. The summed E-state index contributed by atoms with van der Waals surface area (Å²) in [5, 5.41) is 0. The lowest BCUT2D eigenvalue weighted by atomic mass is 9.88. The van der Waals surface area contributed by atoms with Crippen LogP contribution in [0.2, 0.25) is 0 Å². The van der Waals surface area contributed by atoms with Crippen LogP contribution in [0.4, 0.5) is 9.59 Å². The van der Waals surface area contributed by atoms with Gasteiger partial charge in [-0.15, -0.1) is 0 Å². The van der Waals surface area contributed by atoms with Crippen molar-refractivity contribution in [1.82, 2.24) is 9.80 Å². The minimum Gasteiger partial charge on any atom is -0.472 e. The van der Waals surface area contributed by atoms with Gasteiger partial charge in [0, 0.05) is 0 Å². The average Bonchev–Trinajstić information content (AvgIpc) is 3.38. The molecule has 2 heterocycles. The normalized spacial score (nSPS) is 20.7. The van der Waals surface area contributed by atoms with E-state index in [1.165, 1.54) is 21.6 Å². The molecule has 0 aromatic heterocycles. The lowest BCUT2D eigenvalue weighted by Crippen LogP contribution is -2.59. The molecule has 0 saturated carbocycles. The van der Waals surface area contributed by atoms with Crippen molar-refractivity contribution in [3.8, 4) is 0 Å². The number of rotatable bonds is 14. The molecule has 11 nitrogen and oxygen atoms in total. The molecule has 6 aromatic rings. The highest BCUT2D eigenvalue weighted by Crippen LogP contribution is 2.46. The first-order valence-electron chi connectivity index (χ1n) is 22.1. The summed E-state index contributed by atoms with van der Waals surface area (Å²) in [4.78, 5) is 61.5. The van der Waals surface area contributed by atoms with E-state index >= 15 is 0 Å². The van der Waals surface area contributed by atoms with E-state index in [1.54, 1.807) is 6.26 Å². The Morgan fingerprint density at radius 3 is 1.40 bits per heavy atom. The van der Waals surface area contributed by atoms with Gasteiger partial charge in [0.05, 0.1) is 0 Å². The standard InChI is InChI=1S/C54H50N2O9S2/c1-67-54(66)63-44(47-51(58)65-49(42-31-18-7-19-32-42)46(40-27-14-5-15-28-40)56(47)53(60)62-36-38-23-10-3-11-24-38)34-20-33-43-50(57)64-48(41-29-16-6-17-30-41)45(39-25-12-4-13-26-39)55(43)52(59)61-35-37-21-8-2-9-22-37/h2-19,21-32,43-49H,20,33-36H2,1H3/t43-,44-,45-,46-,47-,48+,49+/m0/s1. The molecule has 7 atom stereocenters. The summed E-state index contributed by atoms with van der Waals surface area (Å²) in [6.07, 6.45) is -2.18. The molecule has 2 aliphatic rings. The van der Waals surface area contributed by atoms with Gasteiger partial charge in [0.25, 0.3) is 0 Å². The van der Waals surface area contributed by atoms with Crippen LogP contribution in [0.25, 0.3) is 0 Å². The molecule has 0 radical (unpaired) electrons. The van der Waals surface area contributed by atoms with Crippen molar-refractivity contribution in [2.45, 2.75) is 75.0 Å². The Labute approximate surface area is 399 Å². The molecule has 67 heavy (non-hydrogen) atoms. The number of amides is 2. The van der Waals surface area contributed by atoms with Crippen LogP contribution in [0, 0.1) is 0 Å². The minimum atomic E-state index is -1.36. The van der Waals surface area contributed by atoms with Gasteiger partial charge in [-0.3, -0.25) is 9.80 Å². The van der Waals surface area contributed by atoms with Crippen molar-refractivity contribution < 1.29 is 42.9 Å². The molecule has 2 saturated heterocycles. The van der Waals surface area contributed by atoms with Crippen molar-refractivity contribution in [2.75, 3.05) is 6.26 Å². The largest absolute Gasteiger partial charge is 0.472 e. The third-order valence-corrected chi connectivity index (χ3v) is 12.9. The van der Waals surface area contributed by atoms with Crippen LogP contribution < -0.4 is 0 Å². The molecule has 0 aliphatic carbocycles. The highest BCUT2D eigenvalue weighted by molar-refractivity contribution is 8.22. The van der Waals surface area contributed by atoms with Crippen molar-refractivity contribution in [3.05, 3.63) is 215 Å². The van der Waals surface area contributed by atoms with Crippen LogP contribution >= 0.6 is 24.0 Å². The number of benzene rings is 6. The zero-order valence-electron chi connectivity index (χ0n) is 36.8. The first kappa shape index (κ1) is 46.6. The molecule has 6 aromatic carbocycles. The molecule has 8 rings (SSSR count). The highest BCUT2D eigenvalue weighted by atomic mass is 32.2. The van der Waals surface area contributed by atoms with Gasteiger partial charge in [0.2, 0.25) is 4.38 Å². The van der Waals surface area contributed by atoms with Gasteiger partial charge in [-0.2, -0.15) is 0 Å². The van der Waals surface area contributed by atoms with Crippen molar-refractivity contribution in [2.24, 2.45) is 0 Å². The summed E-state index contributed by atoms with van der Waals surface area (Å²) in [5.41, 5.74) is 4.37. The molecular weight excluding hydrogens is 885 g/mol. The Kier molecular flexibility index (Phi) is 15.6. The van der Waals surface area contributed by atoms with Crippen LogP contribution in [0.15, 0.2) is 182 Å². The Balaban J connectivity index is 1.14. The molecule has 0 bridgehead atoms. The third-order valence-electron chi connectivity index (χ3n) is 11.9. The van der Waals surface area contributed by atoms with Crippen LogP contribution in [-0.4, -0.2) is 62.8 Å². The van der Waals surface area contributed by atoms with E-state index in [2.05, 4.69) is 0 Å². The number of nitrogens with zero attached hydrogens (tertiary/aromatic N) is 2. The second kappa shape index (κ2) is 22.5. The number of hydrogen-bond acceptors (Lipinski definition) is 11. The topological polar surface area (TPSA) is 121 Å². The number of esters is 2. The van der Waals surface area contributed by atoms with Gasteiger partial charge < -0.3 is 23.7 Å². The van der Waals surface area contributed by atoms with Gasteiger partial charge in [-0.05, 0) is 71.1 Å². The molecule has 13 heteroatoms. The number of carbonyl (C=O) groups excluding carboxylic acids is 4. The first-order chi connectivity index (χ1) is 32.8. The number of hydrogen-bond donors (Lipinski definition) is 0. The van der Waals surface area contributed by atoms with Crippen molar-refractivity contribution >= 4 is 52.5 Å². The molecule has 0 spiro atoms. The number of thiocarbonyl (C=S) groups is 1. The Morgan fingerprint density at radius 2 is 0.955 bits per heavy atom. The SMILES string of the molecule is CSC(=S)O[C@@H](CCC[C@H]1C(=O)O[C@H](c2ccccc2)[C@H](c2ccccc2)N1C(=O)OCc1ccccc1)[C@H]1C(=O)O[C@H](c2ccccc2)[C@H](c2ccccc2)N1C(=O)OCc1ccccc1. The van der Waals surface area contributed by atoms with E-state index in [1.807, 2.05) is 182 Å². The fraction of sp³-hybridized carbons (Fsp3) is 0.241. The lowest BCUT2D eigenvalue weighted by Gasteiger charge is -2.47. The summed E-state index contributed by atoms with van der Waals surface area (Å²) < 4.78 is 31.3. The third kappa shape index (κ3) is 11.2. The van der Waals surface area contributed by atoms with Crippen molar-refractivity contribution in [1.29, 1.82) is 0 Å². The Hall–Kier alpha value is -6.96. The van der Waals surface area contributed by atoms with Crippen LogP contribution in [0.1, 0.15) is 76.9 Å². The molecule has 2 aliphatic heterocycles. The number of thioether (sulfide) groups is 1. The number of morpholine rings is 2. The summed E-state index contributed by atoms with van der Waals surface area (Å²) in [6.45, 7) is -0.0825. The number of cyclic esters (lactones) is 2. The maximum absolute atomic E-state index is 14.8. The van der Waals surface area contributed by atoms with Gasteiger partial charge in [0.15, 0.2) is 18.2 Å². The van der Waals surface area contributed by atoms with Crippen molar-refractivity contribution in [3.63, 3.8) is 0 Å². The predicted molar refractivity (Wildman–Crippen MR) is 258 cm³/mol. The summed E-state index contributed by atoms with van der Waals surface area (Å²) in [7, 11) is 0. The maximum Gasteiger partial charge on any atom is 0.411 e. The van der Waals surface area contributed by atoms with Gasteiger partial charge >= 0.3 is 24.1 Å². The highest BCUT2D eigenvalue weighted by Gasteiger charge is 2.53. The molecule has 2 fully saturated rings. The summed E-state index contributed by atoms with van der Waals surface area (Å²) >= 11 is 6.81. The van der Waals surface area contributed by atoms with Gasteiger partial charge in [-0.1, -0.05) is 194 Å². The molecule has 0 N–H and O–H groups in total.